The molecule has 1 aromatic carbocycles. The van der Waals surface area contributed by atoms with Gasteiger partial charge in [-0.25, -0.2) is 8.78 Å². The van der Waals surface area contributed by atoms with E-state index in [-0.39, 0.29) is 5.92 Å². The van der Waals surface area contributed by atoms with Crippen molar-refractivity contribution < 1.29 is 18.6 Å². The minimum Gasteiger partial charge on any atom is -0.494 e. The highest BCUT2D eigenvalue weighted by Gasteiger charge is 2.46. The van der Waals surface area contributed by atoms with E-state index in [1.807, 2.05) is 6.92 Å². The second-order valence-electron chi connectivity index (χ2n) is 6.24. The number of alkyl halides is 2. The molecule has 0 aliphatic heterocycles. The van der Waals surface area contributed by atoms with Gasteiger partial charge in [0.1, 0.15) is 11.4 Å². The van der Waals surface area contributed by atoms with Gasteiger partial charge in [0.25, 0.3) is 0 Å². The van der Waals surface area contributed by atoms with Gasteiger partial charge >= 0.3 is 0 Å². The Kier molecular flexibility index (Phi) is 5.79. The van der Waals surface area contributed by atoms with Gasteiger partial charge in [0, 0.05) is 0 Å². The summed E-state index contributed by atoms with van der Waals surface area (Å²) in [6, 6.07) is 6.98. The summed E-state index contributed by atoms with van der Waals surface area (Å²) in [5.74, 6) is -0.501. The smallest absolute Gasteiger partial charge is 0.244 e. The van der Waals surface area contributed by atoms with Crippen LogP contribution in [0.15, 0.2) is 24.3 Å². The predicted octanol–water partition coefficient (Wildman–Crippen LogP) is 4.75. The second kappa shape index (κ2) is 7.40. The van der Waals surface area contributed by atoms with E-state index in [1.165, 1.54) is 6.92 Å². The van der Waals surface area contributed by atoms with Crippen molar-refractivity contribution in [2.45, 2.75) is 58.0 Å². The van der Waals surface area contributed by atoms with Crippen molar-refractivity contribution in [2.24, 2.45) is 11.8 Å². The molecule has 0 bridgehead atoms. The third kappa shape index (κ3) is 3.43. The molecule has 0 saturated heterocycles. The summed E-state index contributed by atoms with van der Waals surface area (Å²) >= 11 is 0. The average molecular weight is 312 g/mol. The minimum atomic E-state index is -2.54. The number of rotatable bonds is 6. The van der Waals surface area contributed by atoms with Crippen LogP contribution in [-0.2, 0) is 5.60 Å². The van der Waals surface area contributed by atoms with E-state index in [2.05, 4.69) is 0 Å². The van der Waals surface area contributed by atoms with E-state index < -0.39 is 17.9 Å². The van der Waals surface area contributed by atoms with Gasteiger partial charge in [-0.05, 0) is 43.4 Å². The van der Waals surface area contributed by atoms with Gasteiger partial charge in [-0.2, -0.15) is 0 Å². The number of aliphatic hydroxyl groups is 1. The lowest BCUT2D eigenvalue weighted by Gasteiger charge is -2.43. The number of ether oxygens (including phenoxy) is 1. The van der Waals surface area contributed by atoms with Crippen molar-refractivity contribution in [1.29, 1.82) is 0 Å². The van der Waals surface area contributed by atoms with Crippen molar-refractivity contribution >= 4 is 0 Å². The molecule has 2 unspecified atom stereocenters. The topological polar surface area (TPSA) is 29.5 Å². The van der Waals surface area contributed by atoms with Gasteiger partial charge in [-0.3, -0.25) is 0 Å². The highest BCUT2D eigenvalue weighted by molar-refractivity contribution is 5.32. The van der Waals surface area contributed by atoms with Crippen molar-refractivity contribution in [3.8, 4) is 5.75 Å². The first-order valence-electron chi connectivity index (χ1n) is 8.24. The van der Waals surface area contributed by atoms with E-state index in [0.29, 0.717) is 17.9 Å². The van der Waals surface area contributed by atoms with Crippen LogP contribution >= 0.6 is 0 Å². The van der Waals surface area contributed by atoms with Gasteiger partial charge in [-0.1, -0.05) is 38.3 Å². The Hall–Kier alpha value is -1.16. The van der Waals surface area contributed by atoms with Gasteiger partial charge in [0.15, 0.2) is 0 Å². The van der Waals surface area contributed by atoms with Crippen LogP contribution in [0.2, 0.25) is 0 Å². The zero-order valence-corrected chi connectivity index (χ0v) is 13.4. The summed E-state index contributed by atoms with van der Waals surface area (Å²) in [5.41, 5.74) is -0.894. The number of benzene rings is 1. The lowest BCUT2D eigenvalue weighted by atomic mass is 9.67. The maximum absolute atomic E-state index is 13.4. The normalized spacial score (nSPS) is 20.6. The lowest BCUT2D eigenvalue weighted by molar-refractivity contribution is -0.128. The van der Waals surface area contributed by atoms with E-state index >= 15 is 0 Å². The molecule has 22 heavy (non-hydrogen) atoms. The average Bonchev–Trinajstić information content (AvgIpc) is 2.55. The summed E-state index contributed by atoms with van der Waals surface area (Å²) in [4.78, 5) is 0. The molecule has 2 nitrogen and oxygen atoms in total. The highest BCUT2D eigenvalue weighted by Crippen LogP contribution is 2.46. The van der Waals surface area contributed by atoms with E-state index in [0.717, 1.165) is 32.1 Å². The fourth-order valence-corrected chi connectivity index (χ4v) is 3.59. The first-order chi connectivity index (χ1) is 10.5. The fourth-order valence-electron chi connectivity index (χ4n) is 3.59. The zero-order valence-electron chi connectivity index (χ0n) is 13.4. The van der Waals surface area contributed by atoms with E-state index in [1.54, 1.807) is 24.3 Å². The largest absolute Gasteiger partial charge is 0.494 e. The summed E-state index contributed by atoms with van der Waals surface area (Å²) in [6.45, 7) is 3.90. The molecule has 1 aliphatic carbocycles. The summed E-state index contributed by atoms with van der Waals surface area (Å²) in [5, 5.41) is 11.2. The number of hydrogen-bond donors (Lipinski definition) is 1. The van der Waals surface area contributed by atoms with Crippen LogP contribution < -0.4 is 4.74 Å². The first kappa shape index (κ1) is 17.2. The molecule has 2 rings (SSSR count). The van der Waals surface area contributed by atoms with Crippen molar-refractivity contribution in [1.82, 2.24) is 0 Å². The molecule has 1 saturated carbocycles. The SMILES string of the molecule is CCOc1ccc(C(O)(C2CCCCC2)C(C)C(F)F)cc1. The van der Waals surface area contributed by atoms with Crippen molar-refractivity contribution in [3.63, 3.8) is 0 Å². The Balaban J connectivity index is 2.34. The van der Waals surface area contributed by atoms with E-state index in [4.69, 9.17) is 4.74 Å². The molecule has 0 radical (unpaired) electrons. The maximum atomic E-state index is 13.4. The van der Waals surface area contributed by atoms with Crippen LogP contribution in [0.25, 0.3) is 0 Å². The van der Waals surface area contributed by atoms with Crippen LogP contribution in [0.3, 0.4) is 0 Å². The fraction of sp³-hybridized carbons (Fsp3) is 0.667. The summed E-state index contributed by atoms with van der Waals surface area (Å²) < 4.78 is 32.2. The maximum Gasteiger partial charge on any atom is 0.244 e. The molecule has 1 fully saturated rings. The monoisotopic (exact) mass is 312 g/mol. The van der Waals surface area contributed by atoms with Crippen LogP contribution in [0, 0.1) is 11.8 Å². The molecule has 4 heteroatoms. The van der Waals surface area contributed by atoms with Gasteiger partial charge < -0.3 is 9.84 Å². The standard InChI is InChI=1S/C18H26F2O2/c1-3-22-16-11-9-15(10-12-16)18(21,13(2)17(19)20)14-7-5-4-6-8-14/h9-14,17,21H,3-8H2,1-2H3. The molecule has 0 aromatic heterocycles. The van der Waals surface area contributed by atoms with E-state index in [9.17, 15) is 13.9 Å². The molecule has 1 N–H and O–H groups in total. The predicted molar refractivity (Wildman–Crippen MR) is 83.3 cm³/mol. The van der Waals surface area contributed by atoms with Crippen LogP contribution in [-0.4, -0.2) is 18.1 Å². The number of hydrogen-bond acceptors (Lipinski definition) is 2. The molecule has 124 valence electrons. The quantitative estimate of drug-likeness (QED) is 0.821. The van der Waals surface area contributed by atoms with Gasteiger partial charge in [0.2, 0.25) is 6.43 Å². The van der Waals surface area contributed by atoms with Crippen molar-refractivity contribution in [2.75, 3.05) is 6.61 Å². The molecule has 1 aliphatic rings. The third-order valence-electron chi connectivity index (χ3n) is 4.93. The molecular weight excluding hydrogens is 286 g/mol. The van der Waals surface area contributed by atoms with Gasteiger partial charge in [-0.15, -0.1) is 0 Å². The zero-order chi connectivity index (χ0) is 16.2. The van der Waals surface area contributed by atoms with Gasteiger partial charge in [0.05, 0.1) is 12.5 Å². The summed E-state index contributed by atoms with van der Waals surface area (Å²) in [7, 11) is 0. The van der Waals surface area contributed by atoms with Crippen LogP contribution in [0.5, 0.6) is 5.75 Å². The molecule has 0 amide bonds. The Bertz CT molecular complexity index is 455. The van der Waals surface area contributed by atoms with Crippen LogP contribution in [0.1, 0.15) is 51.5 Å². The lowest BCUT2D eigenvalue weighted by Crippen LogP contribution is -2.45. The molecule has 2 atom stereocenters. The minimum absolute atomic E-state index is 0.108. The number of halogens is 2. The Morgan fingerprint density at radius 1 is 1.18 bits per heavy atom. The Labute approximate surface area is 131 Å². The highest BCUT2D eigenvalue weighted by atomic mass is 19.3. The first-order valence-corrected chi connectivity index (χ1v) is 8.24. The molecule has 0 spiro atoms. The molecular formula is C18H26F2O2. The summed E-state index contributed by atoms with van der Waals surface area (Å²) in [6.07, 6.45) is 2.19. The van der Waals surface area contributed by atoms with Crippen LogP contribution in [0.4, 0.5) is 8.78 Å². The van der Waals surface area contributed by atoms with Crippen molar-refractivity contribution in [3.05, 3.63) is 29.8 Å². The second-order valence-corrected chi connectivity index (χ2v) is 6.24. The Morgan fingerprint density at radius 3 is 2.27 bits per heavy atom. The molecule has 1 aromatic rings. The third-order valence-corrected chi connectivity index (χ3v) is 4.93. The Morgan fingerprint density at radius 2 is 1.77 bits per heavy atom. The molecule has 0 heterocycles.